The number of rotatable bonds is 3. The number of hydrogen-bond donors (Lipinski definition) is 2. The maximum atomic E-state index is 9.82. The fourth-order valence-electron chi connectivity index (χ4n) is 2.23. The summed E-state index contributed by atoms with van der Waals surface area (Å²) in [6.45, 7) is 0.738. The standard InChI is InChI=1S/C13H18ClNO/c14-11-6-2-1-5-10(11)9-15-12-7-3-4-8-13(12)16/h1-2,5-6,12-13,15-16H,3-4,7-9H2/t12-,13-/m0/s1. The van der Waals surface area contributed by atoms with Crippen molar-refractivity contribution in [3.8, 4) is 0 Å². The average molecular weight is 240 g/mol. The molecule has 0 radical (unpaired) electrons. The zero-order chi connectivity index (χ0) is 11.4. The van der Waals surface area contributed by atoms with Crippen molar-refractivity contribution in [2.24, 2.45) is 0 Å². The van der Waals surface area contributed by atoms with Crippen LogP contribution in [0.25, 0.3) is 0 Å². The van der Waals surface area contributed by atoms with Crippen molar-refractivity contribution in [3.63, 3.8) is 0 Å². The lowest BCUT2D eigenvalue weighted by atomic mass is 9.92. The lowest BCUT2D eigenvalue weighted by Gasteiger charge is -2.28. The topological polar surface area (TPSA) is 32.3 Å². The molecule has 0 saturated heterocycles. The van der Waals surface area contributed by atoms with E-state index in [4.69, 9.17) is 11.6 Å². The first-order valence-electron chi connectivity index (χ1n) is 5.92. The van der Waals surface area contributed by atoms with Crippen molar-refractivity contribution in [1.29, 1.82) is 0 Å². The Hall–Kier alpha value is -0.570. The normalized spacial score (nSPS) is 25.6. The van der Waals surface area contributed by atoms with E-state index in [0.717, 1.165) is 36.4 Å². The summed E-state index contributed by atoms with van der Waals surface area (Å²) in [4.78, 5) is 0. The Kier molecular flexibility index (Phi) is 4.22. The minimum absolute atomic E-state index is 0.198. The average Bonchev–Trinajstić information content (AvgIpc) is 2.30. The summed E-state index contributed by atoms with van der Waals surface area (Å²) >= 11 is 6.08. The highest BCUT2D eigenvalue weighted by Crippen LogP contribution is 2.20. The molecule has 0 bridgehead atoms. The summed E-state index contributed by atoms with van der Waals surface area (Å²) in [6.07, 6.45) is 4.13. The first-order valence-corrected chi connectivity index (χ1v) is 6.30. The van der Waals surface area contributed by atoms with Crippen molar-refractivity contribution in [2.75, 3.05) is 0 Å². The molecule has 2 atom stereocenters. The summed E-state index contributed by atoms with van der Waals surface area (Å²) < 4.78 is 0. The molecule has 88 valence electrons. The van der Waals surface area contributed by atoms with Crippen LogP contribution in [-0.4, -0.2) is 17.3 Å². The lowest BCUT2D eigenvalue weighted by molar-refractivity contribution is 0.0902. The molecule has 1 aromatic carbocycles. The maximum absolute atomic E-state index is 9.82. The Bertz CT molecular complexity index is 342. The van der Waals surface area contributed by atoms with E-state index in [1.807, 2.05) is 24.3 Å². The van der Waals surface area contributed by atoms with Crippen LogP contribution in [0, 0.1) is 0 Å². The Morgan fingerprint density at radius 2 is 2.00 bits per heavy atom. The van der Waals surface area contributed by atoms with E-state index >= 15 is 0 Å². The highest BCUT2D eigenvalue weighted by molar-refractivity contribution is 6.31. The maximum Gasteiger partial charge on any atom is 0.0693 e. The molecule has 1 saturated carbocycles. The van der Waals surface area contributed by atoms with Crippen molar-refractivity contribution < 1.29 is 5.11 Å². The van der Waals surface area contributed by atoms with Gasteiger partial charge in [0.25, 0.3) is 0 Å². The molecule has 16 heavy (non-hydrogen) atoms. The Morgan fingerprint density at radius 3 is 2.75 bits per heavy atom. The summed E-state index contributed by atoms with van der Waals surface area (Å²) in [5, 5.41) is 14.0. The van der Waals surface area contributed by atoms with Crippen LogP contribution in [0.15, 0.2) is 24.3 Å². The van der Waals surface area contributed by atoms with Gasteiger partial charge in [-0.3, -0.25) is 0 Å². The minimum Gasteiger partial charge on any atom is -0.392 e. The van der Waals surface area contributed by atoms with Gasteiger partial charge in [-0.15, -0.1) is 0 Å². The largest absolute Gasteiger partial charge is 0.392 e. The van der Waals surface area contributed by atoms with E-state index in [-0.39, 0.29) is 12.1 Å². The highest BCUT2D eigenvalue weighted by atomic mass is 35.5. The number of aliphatic hydroxyl groups is 1. The number of nitrogens with one attached hydrogen (secondary N) is 1. The third kappa shape index (κ3) is 2.97. The molecule has 1 aliphatic carbocycles. The smallest absolute Gasteiger partial charge is 0.0693 e. The zero-order valence-electron chi connectivity index (χ0n) is 9.32. The molecule has 1 fully saturated rings. The SMILES string of the molecule is O[C@H]1CCCC[C@@H]1NCc1ccccc1Cl. The summed E-state index contributed by atoms with van der Waals surface area (Å²) in [5.41, 5.74) is 1.10. The Balaban J connectivity index is 1.89. The van der Waals surface area contributed by atoms with Gasteiger partial charge in [0.15, 0.2) is 0 Å². The van der Waals surface area contributed by atoms with Crippen LogP contribution < -0.4 is 5.32 Å². The van der Waals surface area contributed by atoms with Gasteiger partial charge in [0.1, 0.15) is 0 Å². The predicted molar refractivity (Wildman–Crippen MR) is 66.6 cm³/mol. The monoisotopic (exact) mass is 239 g/mol. The van der Waals surface area contributed by atoms with Crippen molar-refractivity contribution in [1.82, 2.24) is 5.32 Å². The zero-order valence-corrected chi connectivity index (χ0v) is 10.1. The van der Waals surface area contributed by atoms with Crippen LogP contribution in [-0.2, 0) is 6.54 Å². The number of halogens is 1. The minimum atomic E-state index is -0.198. The van der Waals surface area contributed by atoms with E-state index in [1.54, 1.807) is 0 Å². The van der Waals surface area contributed by atoms with Crippen molar-refractivity contribution >= 4 is 11.6 Å². The molecule has 0 heterocycles. The molecule has 0 unspecified atom stereocenters. The first kappa shape index (κ1) is 11.9. The first-order chi connectivity index (χ1) is 7.77. The van der Waals surface area contributed by atoms with Crippen LogP contribution in [0.3, 0.4) is 0 Å². The van der Waals surface area contributed by atoms with Crippen LogP contribution in [0.4, 0.5) is 0 Å². The Labute approximate surface area is 102 Å². The van der Waals surface area contributed by atoms with Crippen LogP contribution in [0.1, 0.15) is 31.2 Å². The third-order valence-corrected chi connectivity index (χ3v) is 3.61. The molecule has 0 spiro atoms. The van der Waals surface area contributed by atoms with Gasteiger partial charge in [-0.1, -0.05) is 42.6 Å². The molecule has 1 aromatic rings. The molecule has 0 aromatic heterocycles. The van der Waals surface area contributed by atoms with Gasteiger partial charge in [0, 0.05) is 17.6 Å². The van der Waals surface area contributed by atoms with E-state index in [9.17, 15) is 5.11 Å². The number of hydrogen-bond acceptors (Lipinski definition) is 2. The number of benzene rings is 1. The fourth-order valence-corrected chi connectivity index (χ4v) is 2.43. The van der Waals surface area contributed by atoms with Crippen LogP contribution in [0.5, 0.6) is 0 Å². The molecule has 0 aliphatic heterocycles. The predicted octanol–water partition coefficient (Wildman–Crippen LogP) is 2.73. The van der Waals surface area contributed by atoms with E-state index in [1.165, 1.54) is 6.42 Å². The second kappa shape index (κ2) is 5.67. The molecule has 2 rings (SSSR count). The fraction of sp³-hybridized carbons (Fsp3) is 0.538. The van der Waals surface area contributed by atoms with Gasteiger partial charge in [-0.05, 0) is 24.5 Å². The molecule has 1 aliphatic rings. The van der Waals surface area contributed by atoms with Crippen molar-refractivity contribution in [3.05, 3.63) is 34.9 Å². The van der Waals surface area contributed by atoms with Gasteiger partial charge in [-0.25, -0.2) is 0 Å². The lowest BCUT2D eigenvalue weighted by Crippen LogP contribution is -2.41. The van der Waals surface area contributed by atoms with Crippen LogP contribution >= 0.6 is 11.6 Å². The van der Waals surface area contributed by atoms with Gasteiger partial charge in [0.2, 0.25) is 0 Å². The quantitative estimate of drug-likeness (QED) is 0.850. The summed E-state index contributed by atoms with van der Waals surface area (Å²) in [7, 11) is 0. The summed E-state index contributed by atoms with van der Waals surface area (Å²) in [5.74, 6) is 0. The molecular weight excluding hydrogens is 222 g/mol. The third-order valence-electron chi connectivity index (χ3n) is 3.24. The molecule has 3 heteroatoms. The molecular formula is C13H18ClNO. The van der Waals surface area contributed by atoms with Gasteiger partial charge >= 0.3 is 0 Å². The van der Waals surface area contributed by atoms with E-state index < -0.39 is 0 Å². The van der Waals surface area contributed by atoms with Gasteiger partial charge in [-0.2, -0.15) is 0 Å². The molecule has 2 nitrogen and oxygen atoms in total. The van der Waals surface area contributed by atoms with E-state index in [2.05, 4.69) is 5.32 Å². The second-order valence-corrected chi connectivity index (χ2v) is 4.84. The van der Waals surface area contributed by atoms with Gasteiger partial charge in [0.05, 0.1) is 6.10 Å². The Morgan fingerprint density at radius 1 is 1.25 bits per heavy atom. The molecule has 0 amide bonds. The van der Waals surface area contributed by atoms with Gasteiger partial charge < -0.3 is 10.4 Å². The number of aliphatic hydroxyl groups excluding tert-OH is 1. The summed E-state index contributed by atoms with van der Waals surface area (Å²) in [6, 6.07) is 8.06. The van der Waals surface area contributed by atoms with Crippen LogP contribution in [0.2, 0.25) is 5.02 Å². The van der Waals surface area contributed by atoms with Crippen molar-refractivity contribution in [2.45, 2.75) is 44.4 Å². The second-order valence-electron chi connectivity index (χ2n) is 4.43. The highest BCUT2D eigenvalue weighted by Gasteiger charge is 2.22. The molecule has 2 N–H and O–H groups in total. The van der Waals surface area contributed by atoms with E-state index in [0.29, 0.717) is 0 Å².